The standard InChI is InChI=1S/C40H31N3/c1-40(2)32-20-10-13-23-37(32)43(38-24-14-11-21-33(38)40)39-27-42(36-22-12-9-19-31(36)39)30-25-34(28-15-5-3-6-16-28)41-35(26-30)29-17-7-4-8-18-29/h3-27H,1-2H3. The van der Waals surface area contributed by atoms with E-state index in [-0.39, 0.29) is 5.41 Å². The first kappa shape index (κ1) is 25.3. The van der Waals surface area contributed by atoms with Crippen molar-refractivity contribution in [3.05, 3.63) is 163 Å². The number of para-hydroxylation sites is 3. The Bertz CT molecular complexity index is 2000. The monoisotopic (exact) mass is 553 g/mol. The Morgan fingerprint density at radius 2 is 1.00 bits per heavy atom. The lowest BCUT2D eigenvalue weighted by molar-refractivity contribution is 0.632. The minimum absolute atomic E-state index is 0.109. The Kier molecular flexibility index (Phi) is 5.80. The molecular formula is C40H31N3. The van der Waals surface area contributed by atoms with E-state index in [2.05, 4.69) is 163 Å². The van der Waals surface area contributed by atoms with Crippen LogP contribution in [0.4, 0.5) is 17.1 Å². The number of aromatic nitrogens is 2. The van der Waals surface area contributed by atoms with Gasteiger partial charge in [0.1, 0.15) is 0 Å². The van der Waals surface area contributed by atoms with Crippen molar-refractivity contribution in [3.63, 3.8) is 0 Å². The third kappa shape index (κ3) is 4.08. The Balaban J connectivity index is 1.39. The van der Waals surface area contributed by atoms with Crippen molar-refractivity contribution in [1.29, 1.82) is 0 Å². The highest BCUT2D eigenvalue weighted by Gasteiger charge is 2.37. The van der Waals surface area contributed by atoms with Crippen molar-refractivity contribution < 1.29 is 0 Å². The molecule has 8 rings (SSSR count). The van der Waals surface area contributed by atoms with E-state index in [0.717, 1.165) is 39.4 Å². The molecule has 0 saturated heterocycles. The van der Waals surface area contributed by atoms with E-state index >= 15 is 0 Å². The zero-order chi connectivity index (χ0) is 29.0. The molecule has 2 aromatic heterocycles. The molecule has 0 N–H and O–H groups in total. The number of anilines is 3. The maximum absolute atomic E-state index is 5.13. The van der Waals surface area contributed by atoms with Gasteiger partial charge in [-0.05, 0) is 41.5 Å². The average Bonchev–Trinajstić information content (AvgIpc) is 3.45. The lowest BCUT2D eigenvalue weighted by atomic mass is 9.73. The molecule has 0 amide bonds. The smallest absolute Gasteiger partial charge is 0.0730 e. The molecule has 1 aliphatic heterocycles. The lowest BCUT2D eigenvalue weighted by Gasteiger charge is -2.41. The van der Waals surface area contributed by atoms with Crippen LogP contribution in [0.15, 0.2) is 152 Å². The third-order valence-corrected chi connectivity index (χ3v) is 8.80. The van der Waals surface area contributed by atoms with Gasteiger partial charge >= 0.3 is 0 Å². The summed E-state index contributed by atoms with van der Waals surface area (Å²) in [5.41, 5.74) is 12.5. The van der Waals surface area contributed by atoms with Gasteiger partial charge in [0, 0.05) is 33.8 Å². The minimum atomic E-state index is -0.109. The summed E-state index contributed by atoms with van der Waals surface area (Å²) in [6.07, 6.45) is 2.30. The summed E-state index contributed by atoms with van der Waals surface area (Å²) >= 11 is 0. The quantitative estimate of drug-likeness (QED) is 0.216. The minimum Gasteiger partial charge on any atom is -0.314 e. The van der Waals surface area contributed by atoms with Crippen LogP contribution >= 0.6 is 0 Å². The number of hydrogen-bond acceptors (Lipinski definition) is 2. The predicted molar refractivity (Wildman–Crippen MR) is 179 cm³/mol. The van der Waals surface area contributed by atoms with Gasteiger partial charge in [-0.3, -0.25) is 0 Å². The van der Waals surface area contributed by atoms with Crippen LogP contribution in [0.5, 0.6) is 0 Å². The Hall–Kier alpha value is -5.41. The molecule has 0 spiro atoms. The molecule has 3 nitrogen and oxygen atoms in total. The van der Waals surface area contributed by atoms with Crippen LogP contribution in [0.3, 0.4) is 0 Å². The van der Waals surface area contributed by atoms with E-state index in [4.69, 9.17) is 4.98 Å². The van der Waals surface area contributed by atoms with Gasteiger partial charge in [0.15, 0.2) is 0 Å². The zero-order valence-electron chi connectivity index (χ0n) is 24.3. The molecule has 206 valence electrons. The zero-order valence-corrected chi connectivity index (χ0v) is 24.3. The van der Waals surface area contributed by atoms with E-state index in [1.54, 1.807) is 0 Å². The van der Waals surface area contributed by atoms with Crippen molar-refractivity contribution in [1.82, 2.24) is 9.55 Å². The van der Waals surface area contributed by atoms with E-state index in [0.29, 0.717) is 0 Å². The fraction of sp³-hybridized carbons (Fsp3) is 0.0750. The van der Waals surface area contributed by atoms with E-state index in [1.807, 2.05) is 12.1 Å². The Morgan fingerprint density at radius 3 is 1.58 bits per heavy atom. The molecule has 0 atom stereocenters. The molecule has 0 unspecified atom stereocenters. The third-order valence-electron chi connectivity index (χ3n) is 8.80. The molecule has 3 heteroatoms. The van der Waals surface area contributed by atoms with Crippen molar-refractivity contribution >= 4 is 28.0 Å². The van der Waals surface area contributed by atoms with Gasteiger partial charge in [0.25, 0.3) is 0 Å². The maximum Gasteiger partial charge on any atom is 0.0730 e. The fourth-order valence-corrected chi connectivity index (χ4v) is 6.65. The summed E-state index contributed by atoms with van der Waals surface area (Å²) in [5, 5.41) is 1.20. The number of rotatable bonds is 4. The highest BCUT2D eigenvalue weighted by Crippen LogP contribution is 2.53. The van der Waals surface area contributed by atoms with Gasteiger partial charge in [-0.15, -0.1) is 0 Å². The number of benzene rings is 5. The normalized spacial score (nSPS) is 13.5. The van der Waals surface area contributed by atoms with Crippen LogP contribution in [0, 0.1) is 0 Å². The maximum atomic E-state index is 5.13. The number of fused-ring (bicyclic) bond motifs is 3. The average molecular weight is 554 g/mol. The van der Waals surface area contributed by atoms with Gasteiger partial charge < -0.3 is 9.47 Å². The predicted octanol–water partition coefficient (Wildman–Crippen LogP) is 10.5. The largest absolute Gasteiger partial charge is 0.314 e. The second-order valence-electron chi connectivity index (χ2n) is 11.7. The number of hydrogen-bond donors (Lipinski definition) is 0. The lowest BCUT2D eigenvalue weighted by Crippen LogP contribution is -2.30. The molecule has 0 fully saturated rings. The summed E-state index contributed by atoms with van der Waals surface area (Å²) in [4.78, 5) is 7.58. The van der Waals surface area contributed by atoms with E-state index < -0.39 is 0 Å². The SMILES string of the molecule is CC1(C)c2ccccc2N(c2cn(-c3cc(-c4ccccc4)nc(-c4ccccc4)c3)c3ccccc23)c2ccccc21. The van der Waals surface area contributed by atoms with E-state index in [1.165, 1.54) is 27.9 Å². The van der Waals surface area contributed by atoms with Crippen LogP contribution in [0.2, 0.25) is 0 Å². The molecule has 3 heterocycles. The molecule has 43 heavy (non-hydrogen) atoms. The first-order chi connectivity index (χ1) is 21.1. The Labute approximate surface area is 252 Å². The van der Waals surface area contributed by atoms with Crippen LogP contribution < -0.4 is 4.90 Å². The molecule has 0 radical (unpaired) electrons. The van der Waals surface area contributed by atoms with Gasteiger partial charge in [-0.2, -0.15) is 0 Å². The van der Waals surface area contributed by atoms with Crippen molar-refractivity contribution in [2.75, 3.05) is 4.90 Å². The molecule has 0 bridgehead atoms. The molecular weight excluding hydrogens is 522 g/mol. The van der Waals surface area contributed by atoms with Gasteiger partial charge in [0.05, 0.1) is 34.0 Å². The Morgan fingerprint density at radius 1 is 0.512 bits per heavy atom. The van der Waals surface area contributed by atoms with E-state index in [9.17, 15) is 0 Å². The summed E-state index contributed by atoms with van der Waals surface area (Å²) in [5.74, 6) is 0. The molecule has 0 saturated carbocycles. The first-order valence-electron chi connectivity index (χ1n) is 14.8. The number of pyridine rings is 1. The van der Waals surface area contributed by atoms with Crippen LogP contribution in [-0.4, -0.2) is 9.55 Å². The van der Waals surface area contributed by atoms with Crippen LogP contribution in [-0.2, 0) is 5.41 Å². The van der Waals surface area contributed by atoms with Crippen molar-refractivity contribution in [3.8, 4) is 28.2 Å². The molecule has 1 aliphatic rings. The van der Waals surface area contributed by atoms with Gasteiger partial charge in [-0.1, -0.05) is 129 Å². The van der Waals surface area contributed by atoms with Crippen LogP contribution in [0.25, 0.3) is 39.1 Å². The highest BCUT2D eigenvalue weighted by atomic mass is 15.2. The summed E-state index contributed by atoms with van der Waals surface area (Å²) in [7, 11) is 0. The van der Waals surface area contributed by atoms with Crippen molar-refractivity contribution in [2.45, 2.75) is 19.3 Å². The van der Waals surface area contributed by atoms with Gasteiger partial charge in [0.2, 0.25) is 0 Å². The summed E-state index contributed by atoms with van der Waals surface area (Å²) in [6.45, 7) is 4.66. The molecule has 5 aromatic carbocycles. The van der Waals surface area contributed by atoms with Crippen molar-refractivity contribution in [2.24, 2.45) is 0 Å². The van der Waals surface area contributed by atoms with Gasteiger partial charge in [-0.25, -0.2) is 4.98 Å². The molecule has 0 aliphatic carbocycles. The van der Waals surface area contributed by atoms with Crippen LogP contribution in [0.1, 0.15) is 25.0 Å². The topological polar surface area (TPSA) is 21.1 Å². The summed E-state index contributed by atoms with van der Waals surface area (Å²) < 4.78 is 2.33. The molecule has 7 aromatic rings. The first-order valence-corrected chi connectivity index (χ1v) is 14.8. The second kappa shape index (κ2) is 9.85. The second-order valence-corrected chi connectivity index (χ2v) is 11.7. The highest BCUT2D eigenvalue weighted by molar-refractivity contribution is 6.01. The number of nitrogens with zero attached hydrogens (tertiary/aromatic N) is 3. The fourth-order valence-electron chi connectivity index (χ4n) is 6.65. The summed E-state index contributed by atoms with van der Waals surface area (Å²) in [6, 6.07) is 51.7.